The van der Waals surface area contributed by atoms with Gasteiger partial charge in [-0.15, -0.1) is 0 Å². The van der Waals surface area contributed by atoms with Gasteiger partial charge in [0.05, 0.1) is 32.5 Å². The molecule has 0 aliphatic rings. The summed E-state index contributed by atoms with van der Waals surface area (Å²) in [4.78, 5) is 0. The van der Waals surface area contributed by atoms with Crippen molar-refractivity contribution in [3.05, 3.63) is 29.8 Å². The molecule has 0 amide bonds. The third-order valence-electron chi connectivity index (χ3n) is 2.75. The van der Waals surface area contributed by atoms with Crippen molar-refractivity contribution >= 4 is 0 Å². The highest BCUT2D eigenvalue weighted by atomic mass is 16.5. The summed E-state index contributed by atoms with van der Waals surface area (Å²) < 4.78 is 5.18. The highest BCUT2D eigenvalue weighted by Gasteiger charge is 2.27. The number of aliphatic hydroxyl groups is 3. The third kappa shape index (κ3) is 3.41. The Balaban J connectivity index is 2.71. The molecule has 0 radical (unpaired) electrons. The Kier molecular flexibility index (Phi) is 5.37. The Morgan fingerprint density at radius 2 is 1.71 bits per heavy atom. The fraction of sp³-hybridized carbons (Fsp3) is 0.500. The quantitative estimate of drug-likeness (QED) is 0.517. The summed E-state index contributed by atoms with van der Waals surface area (Å²) in [5, 5.41) is 30.4. The maximum Gasteiger partial charge on any atom is 0.123 e. The van der Waals surface area contributed by atoms with Gasteiger partial charge in [0.25, 0.3) is 0 Å². The third-order valence-corrected chi connectivity index (χ3v) is 2.75. The second-order valence-corrected chi connectivity index (χ2v) is 3.92. The van der Waals surface area contributed by atoms with Gasteiger partial charge in [-0.1, -0.05) is 18.2 Å². The first-order chi connectivity index (χ1) is 8.21. The molecule has 4 N–H and O–H groups in total. The first kappa shape index (κ1) is 13.9. The standard InChI is InChI=1S/C12H19NO4/c1-17-11-5-3-2-4-10(11)6-13-12(7-14,8-15)9-16/h2-5,13-16H,6-9H2,1H3. The van der Waals surface area contributed by atoms with Crippen molar-refractivity contribution in [2.75, 3.05) is 26.9 Å². The monoisotopic (exact) mass is 241 g/mol. The van der Waals surface area contributed by atoms with Crippen LogP contribution in [0, 0.1) is 0 Å². The van der Waals surface area contributed by atoms with E-state index in [1.165, 1.54) is 0 Å². The lowest BCUT2D eigenvalue weighted by atomic mass is 10.0. The van der Waals surface area contributed by atoms with Gasteiger partial charge in [0, 0.05) is 12.1 Å². The molecule has 1 aromatic carbocycles. The van der Waals surface area contributed by atoms with E-state index in [9.17, 15) is 0 Å². The summed E-state index contributed by atoms with van der Waals surface area (Å²) in [5.74, 6) is 0.725. The van der Waals surface area contributed by atoms with Crippen molar-refractivity contribution in [3.8, 4) is 5.75 Å². The highest BCUT2D eigenvalue weighted by Crippen LogP contribution is 2.17. The van der Waals surface area contributed by atoms with Gasteiger partial charge in [-0.05, 0) is 6.07 Å². The summed E-state index contributed by atoms with van der Waals surface area (Å²) in [5.41, 5.74) is -0.171. The van der Waals surface area contributed by atoms with Crippen molar-refractivity contribution < 1.29 is 20.1 Å². The molecule has 5 nitrogen and oxygen atoms in total. The van der Waals surface area contributed by atoms with Crippen molar-refractivity contribution in [2.24, 2.45) is 0 Å². The molecule has 0 aliphatic carbocycles. The SMILES string of the molecule is COc1ccccc1CNC(CO)(CO)CO. The van der Waals surface area contributed by atoms with E-state index < -0.39 is 5.54 Å². The number of ether oxygens (including phenoxy) is 1. The Morgan fingerprint density at radius 1 is 1.12 bits per heavy atom. The fourth-order valence-electron chi connectivity index (χ4n) is 1.45. The van der Waals surface area contributed by atoms with Gasteiger partial charge in [-0.3, -0.25) is 0 Å². The molecule has 1 aromatic rings. The molecule has 17 heavy (non-hydrogen) atoms. The van der Waals surface area contributed by atoms with Gasteiger partial charge in [0.1, 0.15) is 5.75 Å². The van der Waals surface area contributed by atoms with Gasteiger partial charge in [-0.2, -0.15) is 0 Å². The molecule has 0 unspecified atom stereocenters. The van der Waals surface area contributed by atoms with Crippen LogP contribution in [0.4, 0.5) is 0 Å². The second kappa shape index (κ2) is 6.56. The number of aliphatic hydroxyl groups excluding tert-OH is 3. The van der Waals surface area contributed by atoms with Crippen LogP contribution < -0.4 is 10.1 Å². The van der Waals surface area contributed by atoms with Crippen LogP contribution in [0.1, 0.15) is 5.56 Å². The Labute approximate surface area is 101 Å². The summed E-state index contributed by atoms with van der Waals surface area (Å²) >= 11 is 0. The van der Waals surface area contributed by atoms with Crippen LogP contribution in [0.3, 0.4) is 0 Å². The maximum absolute atomic E-state index is 9.17. The lowest BCUT2D eigenvalue weighted by Crippen LogP contribution is -2.54. The summed E-state index contributed by atoms with van der Waals surface area (Å²) in [7, 11) is 1.58. The minimum atomic E-state index is -1.07. The fourth-order valence-corrected chi connectivity index (χ4v) is 1.45. The lowest BCUT2D eigenvalue weighted by Gasteiger charge is -2.29. The van der Waals surface area contributed by atoms with Gasteiger partial charge in [0.2, 0.25) is 0 Å². The average molecular weight is 241 g/mol. The molecule has 0 atom stereocenters. The number of para-hydroxylation sites is 1. The molecule has 0 saturated carbocycles. The van der Waals surface area contributed by atoms with E-state index in [0.717, 1.165) is 11.3 Å². The van der Waals surface area contributed by atoms with E-state index in [4.69, 9.17) is 20.1 Å². The summed E-state index contributed by atoms with van der Waals surface area (Å²) in [6.07, 6.45) is 0. The molecule has 0 aliphatic heterocycles. The van der Waals surface area contributed by atoms with E-state index in [1.54, 1.807) is 7.11 Å². The van der Waals surface area contributed by atoms with Gasteiger partial charge in [0.15, 0.2) is 0 Å². The molecule has 0 saturated heterocycles. The minimum Gasteiger partial charge on any atom is -0.496 e. The first-order valence-electron chi connectivity index (χ1n) is 5.41. The van der Waals surface area contributed by atoms with Gasteiger partial charge < -0.3 is 25.4 Å². The molecule has 0 aromatic heterocycles. The number of rotatable bonds is 7. The molecule has 0 spiro atoms. The number of benzene rings is 1. The van der Waals surface area contributed by atoms with Crippen molar-refractivity contribution in [1.82, 2.24) is 5.32 Å². The van der Waals surface area contributed by atoms with Crippen LogP contribution >= 0.6 is 0 Å². The smallest absolute Gasteiger partial charge is 0.123 e. The number of hydrogen-bond donors (Lipinski definition) is 4. The molecular weight excluding hydrogens is 222 g/mol. The van der Waals surface area contributed by atoms with Crippen molar-refractivity contribution in [1.29, 1.82) is 0 Å². The number of hydrogen-bond acceptors (Lipinski definition) is 5. The van der Waals surface area contributed by atoms with Crippen LogP contribution in [0.2, 0.25) is 0 Å². The van der Waals surface area contributed by atoms with Crippen molar-refractivity contribution in [3.63, 3.8) is 0 Å². The zero-order valence-electron chi connectivity index (χ0n) is 9.89. The van der Waals surface area contributed by atoms with Crippen LogP contribution in [-0.4, -0.2) is 47.8 Å². The topological polar surface area (TPSA) is 82.0 Å². The predicted octanol–water partition coefficient (Wildman–Crippen LogP) is -0.499. The first-order valence-corrected chi connectivity index (χ1v) is 5.41. The van der Waals surface area contributed by atoms with Gasteiger partial charge in [-0.25, -0.2) is 0 Å². The predicted molar refractivity (Wildman–Crippen MR) is 63.8 cm³/mol. The largest absolute Gasteiger partial charge is 0.496 e. The average Bonchev–Trinajstić information content (AvgIpc) is 2.41. The summed E-state index contributed by atoms with van der Waals surface area (Å²) in [6.45, 7) is -0.620. The minimum absolute atomic E-state index is 0.338. The maximum atomic E-state index is 9.17. The zero-order valence-corrected chi connectivity index (χ0v) is 9.89. The van der Waals surface area contributed by atoms with Crippen LogP contribution in [0.15, 0.2) is 24.3 Å². The zero-order chi connectivity index (χ0) is 12.7. The van der Waals surface area contributed by atoms with Gasteiger partial charge >= 0.3 is 0 Å². The van der Waals surface area contributed by atoms with Crippen LogP contribution in [0.25, 0.3) is 0 Å². The molecule has 0 fully saturated rings. The molecule has 1 rings (SSSR count). The molecule has 0 bridgehead atoms. The van der Waals surface area contributed by atoms with E-state index in [-0.39, 0.29) is 19.8 Å². The van der Waals surface area contributed by atoms with E-state index >= 15 is 0 Å². The molecule has 0 heterocycles. The summed E-state index contributed by atoms with van der Waals surface area (Å²) in [6, 6.07) is 7.44. The van der Waals surface area contributed by atoms with Crippen LogP contribution in [0.5, 0.6) is 5.75 Å². The van der Waals surface area contributed by atoms with E-state index in [1.807, 2.05) is 24.3 Å². The normalized spacial score (nSPS) is 11.5. The molecular formula is C12H19NO4. The Hall–Kier alpha value is -1.14. The second-order valence-electron chi connectivity index (χ2n) is 3.92. The number of nitrogens with one attached hydrogen (secondary N) is 1. The van der Waals surface area contributed by atoms with E-state index in [2.05, 4.69) is 5.32 Å². The van der Waals surface area contributed by atoms with Crippen LogP contribution in [-0.2, 0) is 6.54 Å². The molecule has 5 heteroatoms. The Bertz CT molecular complexity index is 331. The number of methoxy groups -OCH3 is 1. The Morgan fingerprint density at radius 3 is 2.24 bits per heavy atom. The van der Waals surface area contributed by atoms with Crippen molar-refractivity contribution in [2.45, 2.75) is 12.1 Å². The highest BCUT2D eigenvalue weighted by molar-refractivity contribution is 5.33. The lowest BCUT2D eigenvalue weighted by molar-refractivity contribution is 0.0412. The van der Waals surface area contributed by atoms with E-state index in [0.29, 0.717) is 6.54 Å². The molecule has 96 valence electrons.